The molecule has 0 heterocycles. The summed E-state index contributed by atoms with van der Waals surface area (Å²) in [7, 11) is 0. The Bertz CT molecular complexity index is 631. The highest BCUT2D eigenvalue weighted by molar-refractivity contribution is 5.73. The molecule has 0 radical (unpaired) electrons. The van der Waals surface area contributed by atoms with Gasteiger partial charge in [0.1, 0.15) is 0 Å². The monoisotopic (exact) mass is 293 g/mol. The van der Waals surface area contributed by atoms with Gasteiger partial charge in [-0.05, 0) is 36.5 Å². The molecule has 1 amide bonds. The fourth-order valence-electron chi connectivity index (χ4n) is 2.50. The first-order chi connectivity index (χ1) is 10.7. The van der Waals surface area contributed by atoms with Crippen LogP contribution >= 0.6 is 0 Å². The Morgan fingerprint density at radius 1 is 1.09 bits per heavy atom. The maximum absolute atomic E-state index is 11.4. The third-order valence-corrected chi connectivity index (χ3v) is 3.69. The molecule has 0 aliphatic carbocycles. The maximum atomic E-state index is 11.4. The Morgan fingerprint density at radius 2 is 1.77 bits per heavy atom. The summed E-state index contributed by atoms with van der Waals surface area (Å²) in [6.07, 6.45) is 6.16. The van der Waals surface area contributed by atoms with Crippen molar-refractivity contribution in [2.45, 2.75) is 32.7 Å². The smallest absolute Gasteiger partial charge is 0.217 e. The van der Waals surface area contributed by atoms with E-state index in [1.54, 1.807) is 6.92 Å². The number of carbonyl (C=O) groups is 1. The van der Waals surface area contributed by atoms with E-state index in [0.717, 1.165) is 18.4 Å². The Labute approximate surface area is 132 Å². The minimum atomic E-state index is 0.0109. The van der Waals surface area contributed by atoms with Crippen molar-refractivity contribution in [3.8, 4) is 0 Å². The average molecular weight is 293 g/mol. The van der Waals surface area contributed by atoms with Gasteiger partial charge in [0.2, 0.25) is 5.91 Å². The molecular formula is C20H23NO. The molecule has 0 aliphatic heterocycles. The second kappa shape index (κ2) is 8.18. The lowest BCUT2D eigenvalue weighted by Crippen LogP contribution is -2.25. The number of aryl methyl sites for hydroxylation is 1. The fourth-order valence-corrected chi connectivity index (χ4v) is 2.50. The first-order valence-corrected chi connectivity index (χ1v) is 7.71. The van der Waals surface area contributed by atoms with Gasteiger partial charge in [-0.15, -0.1) is 0 Å². The lowest BCUT2D eigenvalue weighted by atomic mass is 10.0. The maximum Gasteiger partial charge on any atom is 0.217 e. The standard InChI is InChI=1S/C20H23NO/c1-16-10-6-7-11-18(16)12-8-9-15-20(21-17(2)22)19-13-4-3-5-14-19/h3-8,10-14,20H,9,15H2,1-2H3,(H,21,22)/b12-8+. The van der Waals surface area contributed by atoms with E-state index in [-0.39, 0.29) is 11.9 Å². The minimum Gasteiger partial charge on any atom is -0.350 e. The number of rotatable bonds is 6. The molecule has 1 N–H and O–H groups in total. The molecule has 22 heavy (non-hydrogen) atoms. The van der Waals surface area contributed by atoms with Gasteiger partial charge >= 0.3 is 0 Å². The zero-order valence-corrected chi connectivity index (χ0v) is 13.3. The van der Waals surface area contributed by atoms with Crippen LogP contribution in [-0.4, -0.2) is 5.91 Å². The summed E-state index contributed by atoms with van der Waals surface area (Å²) < 4.78 is 0. The molecule has 1 unspecified atom stereocenters. The second-order valence-electron chi connectivity index (χ2n) is 5.50. The lowest BCUT2D eigenvalue weighted by Gasteiger charge is -2.17. The average Bonchev–Trinajstić information content (AvgIpc) is 2.52. The van der Waals surface area contributed by atoms with Crippen molar-refractivity contribution < 1.29 is 4.79 Å². The lowest BCUT2D eigenvalue weighted by molar-refractivity contribution is -0.119. The first-order valence-electron chi connectivity index (χ1n) is 7.71. The van der Waals surface area contributed by atoms with E-state index in [1.165, 1.54) is 11.1 Å². The van der Waals surface area contributed by atoms with Crippen molar-refractivity contribution in [1.29, 1.82) is 0 Å². The summed E-state index contributed by atoms with van der Waals surface area (Å²) in [5.74, 6) is 0.0109. The van der Waals surface area contributed by atoms with E-state index in [0.29, 0.717) is 0 Å². The Balaban J connectivity index is 1.97. The van der Waals surface area contributed by atoms with Crippen LogP contribution in [0.2, 0.25) is 0 Å². The molecule has 114 valence electrons. The van der Waals surface area contributed by atoms with Gasteiger partial charge in [0.05, 0.1) is 6.04 Å². The van der Waals surface area contributed by atoms with Crippen LogP contribution in [0.3, 0.4) is 0 Å². The molecule has 0 aromatic heterocycles. The highest BCUT2D eigenvalue weighted by Crippen LogP contribution is 2.19. The number of hydrogen-bond acceptors (Lipinski definition) is 1. The molecular weight excluding hydrogens is 270 g/mol. The second-order valence-corrected chi connectivity index (χ2v) is 5.50. The van der Waals surface area contributed by atoms with Gasteiger partial charge in [-0.3, -0.25) is 4.79 Å². The van der Waals surface area contributed by atoms with Crippen LogP contribution in [0.1, 0.15) is 42.5 Å². The van der Waals surface area contributed by atoms with E-state index >= 15 is 0 Å². The molecule has 2 heteroatoms. The molecule has 2 rings (SSSR count). The van der Waals surface area contributed by atoms with Crippen molar-refractivity contribution >= 4 is 12.0 Å². The Morgan fingerprint density at radius 3 is 2.45 bits per heavy atom. The SMILES string of the molecule is CC(=O)NC(CC/C=C/c1ccccc1C)c1ccccc1. The zero-order chi connectivity index (χ0) is 15.8. The molecule has 2 aromatic carbocycles. The molecule has 0 saturated heterocycles. The number of allylic oxidation sites excluding steroid dienone is 1. The molecule has 0 aliphatic rings. The third kappa shape index (κ3) is 4.88. The largest absolute Gasteiger partial charge is 0.350 e. The van der Waals surface area contributed by atoms with E-state index < -0.39 is 0 Å². The van der Waals surface area contributed by atoms with Crippen LogP contribution < -0.4 is 5.32 Å². The van der Waals surface area contributed by atoms with Gasteiger partial charge in [0.15, 0.2) is 0 Å². The number of carbonyl (C=O) groups excluding carboxylic acids is 1. The van der Waals surface area contributed by atoms with Crippen LogP contribution in [0.5, 0.6) is 0 Å². The summed E-state index contributed by atoms with van der Waals surface area (Å²) in [5.41, 5.74) is 3.68. The first kappa shape index (κ1) is 16.0. The van der Waals surface area contributed by atoms with Gasteiger partial charge in [0, 0.05) is 6.92 Å². The van der Waals surface area contributed by atoms with E-state index in [2.05, 4.69) is 60.8 Å². The Hall–Kier alpha value is -2.35. The minimum absolute atomic E-state index is 0.0109. The topological polar surface area (TPSA) is 29.1 Å². The van der Waals surface area contributed by atoms with Crippen LogP contribution in [0.4, 0.5) is 0 Å². The summed E-state index contributed by atoms with van der Waals surface area (Å²) in [6, 6.07) is 18.5. The highest BCUT2D eigenvalue weighted by atomic mass is 16.1. The predicted molar refractivity (Wildman–Crippen MR) is 92.4 cm³/mol. The molecule has 0 spiro atoms. The van der Waals surface area contributed by atoms with Gasteiger partial charge in [-0.2, -0.15) is 0 Å². The van der Waals surface area contributed by atoms with Crippen LogP contribution in [0.15, 0.2) is 60.7 Å². The van der Waals surface area contributed by atoms with Crippen LogP contribution in [-0.2, 0) is 4.79 Å². The summed E-state index contributed by atoms with van der Waals surface area (Å²) >= 11 is 0. The van der Waals surface area contributed by atoms with E-state index in [4.69, 9.17) is 0 Å². The van der Waals surface area contributed by atoms with Crippen molar-refractivity contribution in [3.05, 3.63) is 77.4 Å². The number of nitrogens with one attached hydrogen (secondary N) is 1. The van der Waals surface area contributed by atoms with Crippen molar-refractivity contribution in [2.75, 3.05) is 0 Å². The third-order valence-electron chi connectivity index (χ3n) is 3.69. The van der Waals surface area contributed by atoms with Crippen molar-refractivity contribution in [3.63, 3.8) is 0 Å². The normalized spacial score (nSPS) is 12.3. The van der Waals surface area contributed by atoms with Gasteiger partial charge in [-0.25, -0.2) is 0 Å². The van der Waals surface area contributed by atoms with Gasteiger partial charge in [-0.1, -0.05) is 66.7 Å². The van der Waals surface area contributed by atoms with E-state index in [1.807, 2.05) is 18.2 Å². The summed E-state index contributed by atoms with van der Waals surface area (Å²) in [5, 5.41) is 3.03. The van der Waals surface area contributed by atoms with Crippen molar-refractivity contribution in [2.24, 2.45) is 0 Å². The highest BCUT2D eigenvalue weighted by Gasteiger charge is 2.10. The number of hydrogen-bond donors (Lipinski definition) is 1. The fraction of sp³-hybridized carbons (Fsp3) is 0.250. The number of amides is 1. The van der Waals surface area contributed by atoms with Gasteiger partial charge < -0.3 is 5.32 Å². The molecule has 0 saturated carbocycles. The van der Waals surface area contributed by atoms with Crippen LogP contribution in [0.25, 0.3) is 6.08 Å². The zero-order valence-electron chi connectivity index (χ0n) is 13.3. The molecule has 0 bridgehead atoms. The quantitative estimate of drug-likeness (QED) is 0.824. The molecule has 1 atom stereocenters. The summed E-state index contributed by atoms with van der Waals surface area (Å²) in [6.45, 7) is 3.68. The van der Waals surface area contributed by atoms with E-state index in [9.17, 15) is 4.79 Å². The predicted octanol–water partition coefficient (Wildman–Crippen LogP) is 4.67. The molecule has 0 fully saturated rings. The number of benzene rings is 2. The van der Waals surface area contributed by atoms with Crippen LogP contribution in [0, 0.1) is 6.92 Å². The summed E-state index contributed by atoms with van der Waals surface area (Å²) in [4.78, 5) is 11.4. The van der Waals surface area contributed by atoms with Crippen molar-refractivity contribution in [1.82, 2.24) is 5.32 Å². The molecule has 2 aromatic rings. The molecule has 2 nitrogen and oxygen atoms in total. The Kier molecular flexibility index (Phi) is 5.96. The van der Waals surface area contributed by atoms with Gasteiger partial charge in [0.25, 0.3) is 0 Å².